The molecule has 1 saturated carbocycles. The second-order valence-corrected chi connectivity index (χ2v) is 9.38. The van der Waals surface area contributed by atoms with Crippen LogP contribution in [0.5, 0.6) is 0 Å². The van der Waals surface area contributed by atoms with Crippen molar-refractivity contribution in [3.05, 3.63) is 68.8 Å². The number of hydrogen-bond donors (Lipinski definition) is 0. The maximum Gasteiger partial charge on any atom is 0.222 e. The van der Waals surface area contributed by atoms with Crippen LogP contribution in [-0.2, 0) is 5.41 Å². The fraction of sp³-hybridized carbons (Fsp3) is 0.333. The number of halogens is 4. The van der Waals surface area contributed by atoms with Crippen LogP contribution in [0.4, 0.5) is 8.78 Å². The van der Waals surface area contributed by atoms with Crippen molar-refractivity contribution >= 4 is 27.5 Å². The highest BCUT2D eigenvalue weighted by Crippen LogP contribution is 2.70. The molecular weight excluding hydrogens is 462 g/mol. The normalized spacial score (nSPS) is 24.0. The van der Waals surface area contributed by atoms with Crippen LogP contribution < -0.4 is 0 Å². The standard InChI is InChI=1S/C21H16BrClF2N4/c1-20(2)11-6-7-21(20,18-12(22)9-26-19(23)27-18)17-10(11)8-15(28-29-17)16-13(24)4-3-5-14(16)25/h3-5,8-9,11H,6-7H2,1-2H3/t11-,21+/m0/s1. The minimum atomic E-state index is -0.651. The van der Waals surface area contributed by atoms with E-state index in [4.69, 9.17) is 11.6 Å². The van der Waals surface area contributed by atoms with Crippen LogP contribution in [-0.4, -0.2) is 20.2 Å². The molecule has 5 rings (SSSR count). The van der Waals surface area contributed by atoms with Gasteiger partial charge in [0.05, 0.1) is 32.5 Å². The molecule has 0 radical (unpaired) electrons. The van der Waals surface area contributed by atoms with Gasteiger partial charge in [-0.05, 0) is 75.5 Å². The molecule has 3 aromatic rings. The highest BCUT2D eigenvalue weighted by atomic mass is 79.9. The quantitative estimate of drug-likeness (QED) is 0.436. The molecule has 0 amide bonds. The Morgan fingerprint density at radius 2 is 1.86 bits per heavy atom. The first-order valence-electron chi connectivity index (χ1n) is 9.28. The first-order chi connectivity index (χ1) is 13.8. The molecule has 2 aliphatic rings. The van der Waals surface area contributed by atoms with Gasteiger partial charge in [0.1, 0.15) is 11.6 Å². The van der Waals surface area contributed by atoms with Gasteiger partial charge in [-0.2, -0.15) is 5.10 Å². The van der Waals surface area contributed by atoms with Gasteiger partial charge in [-0.1, -0.05) is 19.9 Å². The largest absolute Gasteiger partial charge is 0.225 e. The summed E-state index contributed by atoms with van der Waals surface area (Å²) in [7, 11) is 0. The molecule has 1 fully saturated rings. The lowest BCUT2D eigenvalue weighted by atomic mass is 9.66. The minimum Gasteiger partial charge on any atom is -0.225 e. The number of nitrogens with zero attached hydrogens (tertiary/aromatic N) is 4. The number of fused-ring (bicyclic) bond motifs is 5. The fourth-order valence-electron chi connectivity index (χ4n) is 5.36. The first-order valence-corrected chi connectivity index (χ1v) is 10.5. The van der Waals surface area contributed by atoms with Gasteiger partial charge in [0.25, 0.3) is 0 Å². The molecule has 2 atom stereocenters. The molecule has 148 valence electrons. The predicted octanol–water partition coefficient (Wildman–Crippen LogP) is 5.83. The third-order valence-corrected chi connectivity index (χ3v) is 7.48. The summed E-state index contributed by atoms with van der Waals surface area (Å²) < 4.78 is 29.4. The predicted molar refractivity (Wildman–Crippen MR) is 109 cm³/mol. The SMILES string of the molecule is CC1(C)[C@H]2CC[C@]1(c1nc(Cl)ncc1Br)c1nnc(-c3c(F)cccc3F)cc12. The van der Waals surface area contributed by atoms with E-state index in [0.29, 0.717) is 0 Å². The van der Waals surface area contributed by atoms with Crippen molar-refractivity contribution in [1.82, 2.24) is 20.2 Å². The Balaban J connectivity index is 1.76. The molecule has 0 unspecified atom stereocenters. The molecule has 0 N–H and O–H groups in total. The molecule has 2 aliphatic carbocycles. The lowest BCUT2D eigenvalue weighted by Crippen LogP contribution is -2.38. The second kappa shape index (κ2) is 6.25. The zero-order chi connectivity index (χ0) is 20.6. The van der Waals surface area contributed by atoms with Crippen molar-refractivity contribution in [2.75, 3.05) is 0 Å². The summed E-state index contributed by atoms with van der Waals surface area (Å²) in [4.78, 5) is 8.60. The van der Waals surface area contributed by atoms with Gasteiger partial charge in [0, 0.05) is 6.20 Å². The maximum atomic E-state index is 14.3. The Kier molecular flexibility index (Phi) is 4.10. The van der Waals surface area contributed by atoms with Crippen LogP contribution in [0.3, 0.4) is 0 Å². The van der Waals surface area contributed by atoms with Crippen molar-refractivity contribution in [2.24, 2.45) is 5.41 Å². The lowest BCUT2D eigenvalue weighted by molar-refractivity contribution is 0.241. The molecule has 4 nitrogen and oxygen atoms in total. The maximum absolute atomic E-state index is 14.3. The van der Waals surface area contributed by atoms with Crippen LogP contribution >= 0.6 is 27.5 Å². The third-order valence-electron chi connectivity index (χ3n) is 6.72. The van der Waals surface area contributed by atoms with Gasteiger partial charge >= 0.3 is 0 Å². The zero-order valence-corrected chi connectivity index (χ0v) is 18.0. The Morgan fingerprint density at radius 1 is 1.14 bits per heavy atom. The van der Waals surface area contributed by atoms with Gasteiger partial charge in [0.15, 0.2) is 0 Å². The number of hydrogen-bond acceptors (Lipinski definition) is 4. The Bertz CT molecular complexity index is 1150. The Hall–Kier alpha value is -1.99. The van der Waals surface area contributed by atoms with E-state index in [1.54, 1.807) is 12.3 Å². The van der Waals surface area contributed by atoms with E-state index in [2.05, 4.69) is 49.9 Å². The zero-order valence-electron chi connectivity index (χ0n) is 15.7. The van der Waals surface area contributed by atoms with E-state index < -0.39 is 17.0 Å². The summed E-state index contributed by atoms with van der Waals surface area (Å²) >= 11 is 9.70. The van der Waals surface area contributed by atoms with E-state index in [-0.39, 0.29) is 27.9 Å². The molecule has 0 aliphatic heterocycles. The Morgan fingerprint density at radius 3 is 2.59 bits per heavy atom. The van der Waals surface area contributed by atoms with E-state index in [0.717, 1.165) is 34.3 Å². The van der Waals surface area contributed by atoms with Gasteiger partial charge in [-0.15, -0.1) is 5.10 Å². The molecule has 2 bridgehead atoms. The first kappa shape index (κ1) is 19.0. The molecule has 1 aromatic carbocycles. The fourth-order valence-corrected chi connectivity index (χ4v) is 6.02. The van der Waals surface area contributed by atoms with Crippen LogP contribution in [0.15, 0.2) is 34.9 Å². The molecular formula is C21H16BrClF2N4. The van der Waals surface area contributed by atoms with Crippen molar-refractivity contribution in [1.29, 1.82) is 0 Å². The molecule has 29 heavy (non-hydrogen) atoms. The molecule has 8 heteroatoms. The summed E-state index contributed by atoms with van der Waals surface area (Å²) in [6.45, 7) is 4.36. The molecule has 0 saturated heterocycles. The lowest BCUT2D eigenvalue weighted by Gasteiger charge is -2.37. The highest BCUT2D eigenvalue weighted by Gasteiger charge is 2.65. The smallest absolute Gasteiger partial charge is 0.222 e. The van der Waals surface area contributed by atoms with E-state index in [1.807, 2.05) is 0 Å². The summed E-state index contributed by atoms with van der Waals surface area (Å²) in [6, 6.07) is 5.58. The number of rotatable bonds is 2. The monoisotopic (exact) mass is 476 g/mol. The average Bonchev–Trinajstić information content (AvgIpc) is 3.05. The summed E-state index contributed by atoms with van der Waals surface area (Å²) in [6.07, 6.45) is 3.40. The van der Waals surface area contributed by atoms with Crippen LogP contribution in [0.1, 0.15) is 49.6 Å². The minimum absolute atomic E-state index is 0.149. The highest BCUT2D eigenvalue weighted by molar-refractivity contribution is 9.10. The number of benzene rings is 1. The molecule has 2 aromatic heterocycles. The van der Waals surface area contributed by atoms with Gasteiger partial charge < -0.3 is 0 Å². The van der Waals surface area contributed by atoms with Gasteiger partial charge in [0.2, 0.25) is 5.28 Å². The number of aromatic nitrogens is 4. The van der Waals surface area contributed by atoms with Crippen molar-refractivity contribution in [3.8, 4) is 11.3 Å². The third kappa shape index (κ3) is 2.40. The summed E-state index contributed by atoms with van der Waals surface area (Å²) in [5, 5.41) is 8.91. The molecule has 0 spiro atoms. The van der Waals surface area contributed by atoms with Crippen molar-refractivity contribution < 1.29 is 8.78 Å². The van der Waals surface area contributed by atoms with Crippen LogP contribution in [0.2, 0.25) is 5.28 Å². The summed E-state index contributed by atoms with van der Waals surface area (Å²) in [5.74, 6) is -1.13. The van der Waals surface area contributed by atoms with Crippen molar-refractivity contribution in [3.63, 3.8) is 0 Å². The van der Waals surface area contributed by atoms with Crippen LogP contribution in [0, 0.1) is 17.0 Å². The molecule has 2 heterocycles. The van der Waals surface area contributed by atoms with Crippen molar-refractivity contribution in [2.45, 2.75) is 38.0 Å². The summed E-state index contributed by atoms with van der Waals surface area (Å²) in [5.41, 5.74) is 1.88. The van der Waals surface area contributed by atoms with Gasteiger partial charge in [-0.3, -0.25) is 0 Å². The Labute approximate surface area is 179 Å². The van der Waals surface area contributed by atoms with E-state index in [1.165, 1.54) is 18.2 Å². The second-order valence-electron chi connectivity index (χ2n) is 8.18. The van der Waals surface area contributed by atoms with E-state index >= 15 is 0 Å². The topological polar surface area (TPSA) is 51.6 Å². The van der Waals surface area contributed by atoms with Gasteiger partial charge in [-0.25, -0.2) is 18.7 Å². The van der Waals surface area contributed by atoms with E-state index in [9.17, 15) is 8.78 Å². The van der Waals surface area contributed by atoms with Crippen LogP contribution in [0.25, 0.3) is 11.3 Å². The average molecular weight is 478 g/mol.